The van der Waals surface area contributed by atoms with Crippen LogP contribution in [-0.2, 0) is 27.4 Å². The first-order valence-electron chi connectivity index (χ1n) is 14.6. The molecule has 2 fully saturated rings. The Hall–Kier alpha value is -2.79. The highest BCUT2D eigenvalue weighted by molar-refractivity contribution is 6.30. The van der Waals surface area contributed by atoms with Crippen molar-refractivity contribution in [1.82, 2.24) is 20.0 Å². The lowest BCUT2D eigenvalue weighted by atomic mass is 10.1. The van der Waals surface area contributed by atoms with Gasteiger partial charge in [0.25, 0.3) is 5.91 Å². The number of benzene rings is 2. The van der Waals surface area contributed by atoms with Crippen LogP contribution in [0.3, 0.4) is 0 Å². The van der Waals surface area contributed by atoms with Gasteiger partial charge in [-0.05, 0) is 62.6 Å². The third-order valence-electron chi connectivity index (χ3n) is 7.88. The minimum atomic E-state index is -0.494. The van der Waals surface area contributed by atoms with Crippen molar-refractivity contribution < 1.29 is 27.8 Å². The fraction of sp³-hybridized carbons (Fsp3) is 0.548. The van der Waals surface area contributed by atoms with Gasteiger partial charge < -0.3 is 19.7 Å². The van der Waals surface area contributed by atoms with Crippen LogP contribution in [0.25, 0.3) is 0 Å². The average Bonchev–Trinajstić information content (AvgIpc) is 2.98. The number of amides is 1. The number of unbranched alkanes of at least 4 members (excludes halogenated alkanes) is 1. The van der Waals surface area contributed by atoms with Gasteiger partial charge in [-0.1, -0.05) is 23.7 Å². The molecule has 1 N–H and O–H groups in total. The second kappa shape index (κ2) is 15.6. The minimum absolute atomic E-state index is 0.0139. The van der Waals surface area contributed by atoms with Gasteiger partial charge in [0.15, 0.2) is 6.61 Å². The Balaban J connectivity index is 1.35. The van der Waals surface area contributed by atoms with Gasteiger partial charge in [-0.15, -0.1) is 0 Å². The van der Waals surface area contributed by atoms with E-state index in [2.05, 4.69) is 17.1 Å². The summed E-state index contributed by atoms with van der Waals surface area (Å²) in [5, 5.41) is 3.76. The number of piperazine rings is 2. The van der Waals surface area contributed by atoms with Crippen LogP contribution in [0.4, 0.5) is 8.78 Å². The molecule has 2 aliphatic heterocycles. The van der Waals surface area contributed by atoms with Crippen molar-refractivity contribution in [2.24, 2.45) is 0 Å². The Kier molecular flexibility index (Phi) is 11.9. The summed E-state index contributed by atoms with van der Waals surface area (Å²) in [7, 11) is 0. The van der Waals surface area contributed by atoms with E-state index in [1.165, 1.54) is 12.1 Å². The van der Waals surface area contributed by atoms with Gasteiger partial charge in [-0.2, -0.15) is 0 Å². The molecule has 2 aromatic carbocycles. The first kappa shape index (κ1) is 32.1. The molecule has 2 aromatic rings. The monoisotopic (exact) mass is 606 g/mol. The maximum Gasteiger partial charge on any atom is 0.324 e. The van der Waals surface area contributed by atoms with E-state index < -0.39 is 12.7 Å². The van der Waals surface area contributed by atoms with Gasteiger partial charge in [0.1, 0.15) is 17.6 Å². The van der Waals surface area contributed by atoms with Gasteiger partial charge in [-0.3, -0.25) is 23.8 Å². The molecule has 3 atom stereocenters. The Morgan fingerprint density at radius 3 is 2.57 bits per heavy atom. The molecular weight excluding hydrogens is 566 g/mol. The summed E-state index contributed by atoms with van der Waals surface area (Å²) in [6.07, 6.45) is 0.856. The van der Waals surface area contributed by atoms with E-state index in [1.54, 1.807) is 30.3 Å². The fourth-order valence-corrected chi connectivity index (χ4v) is 5.67. The molecule has 0 saturated carbocycles. The van der Waals surface area contributed by atoms with E-state index in [4.69, 9.17) is 21.1 Å². The number of hydrogen-bond acceptors (Lipinski definition) is 7. The molecular formula is C31H41ClF2N4O4. The molecule has 8 nitrogen and oxygen atoms in total. The maximum absolute atomic E-state index is 13.3. The first-order chi connectivity index (χ1) is 20.2. The number of carbonyl (C=O) groups excluding carboxylic acids is 2. The molecule has 2 aliphatic rings. The topological polar surface area (TPSA) is 74.3 Å². The summed E-state index contributed by atoms with van der Waals surface area (Å²) in [5.41, 5.74) is 1.81. The van der Waals surface area contributed by atoms with E-state index in [0.29, 0.717) is 69.4 Å². The maximum atomic E-state index is 13.3. The minimum Gasteiger partial charge on any atom is -0.483 e. The van der Waals surface area contributed by atoms with E-state index in [1.807, 2.05) is 16.7 Å². The van der Waals surface area contributed by atoms with Crippen molar-refractivity contribution in [3.05, 3.63) is 64.4 Å². The Morgan fingerprint density at radius 1 is 1.02 bits per heavy atom. The lowest BCUT2D eigenvalue weighted by Crippen LogP contribution is -2.58. The highest BCUT2D eigenvalue weighted by atomic mass is 35.5. The molecule has 0 bridgehead atoms. The second-order valence-electron chi connectivity index (χ2n) is 11.1. The van der Waals surface area contributed by atoms with Crippen LogP contribution in [-0.4, -0.2) is 97.3 Å². The van der Waals surface area contributed by atoms with E-state index in [9.17, 15) is 18.4 Å². The number of rotatable bonds is 12. The fourth-order valence-electron chi connectivity index (χ4n) is 5.48. The molecule has 4 rings (SSSR count). The third kappa shape index (κ3) is 8.86. The lowest BCUT2D eigenvalue weighted by molar-refractivity contribution is -0.151. The second-order valence-corrected chi connectivity index (χ2v) is 11.5. The molecule has 2 saturated heterocycles. The quantitative estimate of drug-likeness (QED) is 0.289. The number of carbonyl (C=O) groups is 2. The highest BCUT2D eigenvalue weighted by Crippen LogP contribution is 2.26. The smallest absolute Gasteiger partial charge is 0.324 e. The molecule has 0 aliphatic carbocycles. The number of ether oxygens (including phenoxy) is 2. The molecule has 11 heteroatoms. The van der Waals surface area contributed by atoms with Crippen LogP contribution in [0.1, 0.15) is 37.8 Å². The molecule has 0 radical (unpaired) electrons. The zero-order valence-corrected chi connectivity index (χ0v) is 25.1. The molecule has 230 valence electrons. The normalized spacial score (nSPS) is 21.7. The van der Waals surface area contributed by atoms with E-state index in [-0.39, 0.29) is 43.0 Å². The van der Waals surface area contributed by atoms with Crippen LogP contribution in [0, 0.1) is 5.82 Å². The van der Waals surface area contributed by atoms with Crippen molar-refractivity contribution in [3.63, 3.8) is 0 Å². The summed E-state index contributed by atoms with van der Waals surface area (Å²) in [4.78, 5) is 32.2. The average molecular weight is 607 g/mol. The Morgan fingerprint density at radius 2 is 1.81 bits per heavy atom. The van der Waals surface area contributed by atoms with Crippen molar-refractivity contribution in [3.8, 4) is 5.75 Å². The van der Waals surface area contributed by atoms with E-state index >= 15 is 0 Å². The molecule has 2 heterocycles. The van der Waals surface area contributed by atoms with Gasteiger partial charge in [0.05, 0.1) is 13.3 Å². The number of nitrogens with zero attached hydrogens (tertiary/aromatic N) is 3. The molecule has 42 heavy (non-hydrogen) atoms. The highest BCUT2D eigenvalue weighted by Gasteiger charge is 2.33. The van der Waals surface area contributed by atoms with Gasteiger partial charge in [0.2, 0.25) is 0 Å². The first-order valence-corrected chi connectivity index (χ1v) is 15.0. The van der Waals surface area contributed by atoms with Crippen LogP contribution in [0.2, 0.25) is 5.02 Å². The van der Waals surface area contributed by atoms with Crippen molar-refractivity contribution in [1.29, 1.82) is 0 Å². The largest absolute Gasteiger partial charge is 0.483 e. The summed E-state index contributed by atoms with van der Waals surface area (Å²) >= 11 is 6.32. The standard InChI is InChI=1S/C31H41ClF2N4O4/c1-22-18-38(23(2)17-37(22)19-24-5-8-27(34)9-6-24)30(39)21-42-29-10-7-26(32)15-25(29)20-36-13-12-35-16-28(36)31(40)41-14-4-3-11-33/h5-10,15,22-23,28,35H,3-4,11-14,16-21H2,1-2H3. The molecule has 1 amide bonds. The SMILES string of the molecule is CC1CN(C(=O)COc2ccc(Cl)cc2CN2CCNCC2C(=O)OCCCCF)C(C)CN1Cc1ccc(F)cc1. The van der Waals surface area contributed by atoms with Crippen molar-refractivity contribution >= 4 is 23.5 Å². The van der Waals surface area contributed by atoms with Gasteiger partial charge in [0, 0.05) is 68.5 Å². The number of hydrogen-bond donors (Lipinski definition) is 1. The van der Waals surface area contributed by atoms with Crippen LogP contribution >= 0.6 is 11.6 Å². The number of alkyl halides is 1. The van der Waals surface area contributed by atoms with Gasteiger partial charge in [-0.25, -0.2) is 4.39 Å². The van der Waals surface area contributed by atoms with Crippen LogP contribution in [0.5, 0.6) is 5.75 Å². The van der Waals surface area contributed by atoms with Crippen molar-refractivity contribution in [2.45, 2.75) is 57.9 Å². The van der Waals surface area contributed by atoms with Crippen molar-refractivity contribution in [2.75, 3.05) is 52.6 Å². The molecule has 0 spiro atoms. The zero-order chi connectivity index (χ0) is 30.1. The van der Waals surface area contributed by atoms with Gasteiger partial charge >= 0.3 is 5.97 Å². The number of nitrogens with one attached hydrogen (secondary N) is 1. The van der Waals surface area contributed by atoms with E-state index in [0.717, 1.165) is 11.1 Å². The molecule has 3 unspecified atom stereocenters. The predicted octanol–water partition coefficient (Wildman–Crippen LogP) is 4.05. The summed E-state index contributed by atoms with van der Waals surface area (Å²) in [6, 6.07) is 11.4. The summed E-state index contributed by atoms with van der Waals surface area (Å²) in [6.45, 7) is 7.88. The third-order valence-corrected chi connectivity index (χ3v) is 8.12. The zero-order valence-electron chi connectivity index (χ0n) is 24.4. The van der Waals surface area contributed by atoms with Crippen LogP contribution < -0.4 is 10.1 Å². The Bertz CT molecular complexity index is 1190. The number of esters is 1. The molecule has 0 aromatic heterocycles. The van der Waals surface area contributed by atoms with Crippen LogP contribution in [0.15, 0.2) is 42.5 Å². The number of halogens is 3. The summed E-state index contributed by atoms with van der Waals surface area (Å²) < 4.78 is 37.2. The predicted molar refractivity (Wildman–Crippen MR) is 158 cm³/mol. The Labute approximate surface area is 251 Å². The lowest BCUT2D eigenvalue weighted by Gasteiger charge is -2.44. The summed E-state index contributed by atoms with van der Waals surface area (Å²) in [5.74, 6) is -0.163.